The Morgan fingerprint density at radius 2 is 1.88 bits per heavy atom. The maximum atomic E-state index is 12.2. The van der Waals surface area contributed by atoms with Crippen LogP contribution < -0.4 is 0 Å². The largest absolute Gasteiger partial charge is 0.445 e. The molecule has 6 nitrogen and oxygen atoms in total. The lowest BCUT2D eigenvalue weighted by Crippen LogP contribution is -2.37. The number of hydrogen-bond acceptors (Lipinski definition) is 4. The predicted molar refractivity (Wildman–Crippen MR) is 89.0 cm³/mol. The van der Waals surface area contributed by atoms with E-state index in [-0.39, 0.29) is 30.4 Å². The number of benzene rings is 1. The number of nitrogens with zero attached hydrogens (tertiary/aromatic N) is 2. The Morgan fingerprint density at radius 3 is 2.54 bits per heavy atom. The highest BCUT2D eigenvalue weighted by molar-refractivity contribution is 5.94. The van der Waals surface area contributed by atoms with Gasteiger partial charge in [-0.25, -0.2) is 4.79 Å². The van der Waals surface area contributed by atoms with Gasteiger partial charge in [-0.3, -0.25) is 14.5 Å². The molecule has 1 saturated heterocycles. The van der Waals surface area contributed by atoms with Crippen molar-refractivity contribution in [3.8, 4) is 0 Å². The second kappa shape index (κ2) is 8.47. The van der Waals surface area contributed by atoms with Gasteiger partial charge in [-0.1, -0.05) is 30.3 Å². The summed E-state index contributed by atoms with van der Waals surface area (Å²) in [7, 11) is 1.50. The van der Waals surface area contributed by atoms with E-state index in [2.05, 4.69) is 0 Å². The predicted octanol–water partition coefficient (Wildman–Crippen LogP) is 2.43. The van der Waals surface area contributed by atoms with E-state index in [4.69, 9.17) is 4.74 Å². The zero-order valence-electron chi connectivity index (χ0n) is 14.2. The molecule has 24 heavy (non-hydrogen) atoms. The molecular weight excluding hydrogens is 308 g/mol. The van der Waals surface area contributed by atoms with Crippen molar-refractivity contribution in [2.45, 2.75) is 32.8 Å². The van der Waals surface area contributed by atoms with Crippen LogP contribution in [-0.4, -0.2) is 47.8 Å². The zero-order chi connectivity index (χ0) is 17.5. The fourth-order valence-corrected chi connectivity index (χ4v) is 2.77. The molecule has 0 radical (unpaired) electrons. The summed E-state index contributed by atoms with van der Waals surface area (Å²) in [5.41, 5.74) is 0.941. The van der Waals surface area contributed by atoms with Crippen LogP contribution in [-0.2, 0) is 20.9 Å². The highest BCUT2D eigenvalue weighted by atomic mass is 16.6. The van der Waals surface area contributed by atoms with E-state index >= 15 is 0 Å². The van der Waals surface area contributed by atoms with Gasteiger partial charge in [0.2, 0.25) is 11.8 Å². The van der Waals surface area contributed by atoms with Gasteiger partial charge in [-0.15, -0.1) is 0 Å². The molecule has 1 atom stereocenters. The summed E-state index contributed by atoms with van der Waals surface area (Å²) in [6.07, 6.45) is 1.60. The maximum absolute atomic E-state index is 12.2. The lowest BCUT2D eigenvalue weighted by Gasteiger charge is -2.21. The highest BCUT2D eigenvalue weighted by Crippen LogP contribution is 2.20. The maximum Gasteiger partial charge on any atom is 0.410 e. The van der Waals surface area contributed by atoms with Crippen molar-refractivity contribution < 1.29 is 19.1 Å². The monoisotopic (exact) mass is 332 g/mol. The highest BCUT2D eigenvalue weighted by Gasteiger charge is 2.28. The Hall–Kier alpha value is -2.37. The standard InChI is InChI=1S/C18H24N2O4/c1-14(21)19(2)17(22)16-9-6-11-20(12-10-16)18(23)24-13-15-7-4-3-5-8-15/h3-5,7-8,16H,6,9-13H2,1-2H3/t16-/m0/s1. The first-order valence-electron chi connectivity index (χ1n) is 8.23. The summed E-state index contributed by atoms with van der Waals surface area (Å²) in [5, 5.41) is 0. The molecular formula is C18H24N2O4. The molecule has 2 rings (SSSR count). The summed E-state index contributed by atoms with van der Waals surface area (Å²) < 4.78 is 5.34. The minimum absolute atomic E-state index is 0.165. The lowest BCUT2D eigenvalue weighted by molar-refractivity contribution is -0.144. The summed E-state index contributed by atoms with van der Waals surface area (Å²) >= 11 is 0. The third kappa shape index (κ3) is 4.81. The molecule has 1 fully saturated rings. The van der Waals surface area contributed by atoms with Crippen molar-refractivity contribution in [3.63, 3.8) is 0 Å². The van der Waals surface area contributed by atoms with Crippen LogP contribution in [0, 0.1) is 5.92 Å². The zero-order valence-corrected chi connectivity index (χ0v) is 14.2. The Bertz CT molecular complexity index is 588. The van der Waals surface area contributed by atoms with Crippen LogP contribution in [0.25, 0.3) is 0 Å². The van der Waals surface area contributed by atoms with Crippen LogP contribution in [0.2, 0.25) is 0 Å². The second-order valence-electron chi connectivity index (χ2n) is 6.07. The lowest BCUT2D eigenvalue weighted by atomic mass is 9.99. The summed E-state index contributed by atoms with van der Waals surface area (Å²) in [5.74, 6) is -0.642. The first kappa shape index (κ1) is 18.0. The van der Waals surface area contributed by atoms with Crippen molar-refractivity contribution >= 4 is 17.9 Å². The second-order valence-corrected chi connectivity index (χ2v) is 6.07. The molecule has 1 aliphatic heterocycles. The van der Waals surface area contributed by atoms with E-state index in [1.165, 1.54) is 14.0 Å². The van der Waals surface area contributed by atoms with Gasteiger partial charge in [0.05, 0.1) is 0 Å². The first-order valence-corrected chi connectivity index (χ1v) is 8.23. The van der Waals surface area contributed by atoms with Crippen LogP contribution in [0.4, 0.5) is 4.79 Å². The molecule has 0 spiro atoms. The van der Waals surface area contributed by atoms with Gasteiger partial charge in [0, 0.05) is 33.0 Å². The molecule has 130 valence electrons. The third-order valence-corrected chi connectivity index (χ3v) is 4.34. The number of amides is 3. The van der Waals surface area contributed by atoms with Crippen LogP contribution in [0.5, 0.6) is 0 Å². The SMILES string of the molecule is CC(=O)N(C)C(=O)[C@H]1CCCN(C(=O)OCc2ccccc2)CC1. The number of hydrogen-bond donors (Lipinski definition) is 0. The summed E-state index contributed by atoms with van der Waals surface area (Å²) in [6.45, 7) is 2.66. The van der Waals surface area contributed by atoms with Crippen molar-refractivity contribution in [1.82, 2.24) is 9.80 Å². The van der Waals surface area contributed by atoms with Crippen LogP contribution >= 0.6 is 0 Å². The van der Waals surface area contributed by atoms with Gasteiger partial charge in [0.1, 0.15) is 6.61 Å². The van der Waals surface area contributed by atoms with Crippen LogP contribution in [0.1, 0.15) is 31.7 Å². The molecule has 3 amide bonds. The Balaban J connectivity index is 1.85. The molecule has 1 aliphatic rings. The Kier molecular flexibility index (Phi) is 6.35. The van der Waals surface area contributed by atoms with Gasteiger partial charge in [0.25, 0.3) is 0 Å². The molecule has 0 aromatic heterocycles. The molecule has 0 unspecified atom stereocenters. The molecule has 1 aromatic carbocycles. The number of carbonyl (C=O) groups excluding carboxylic acids is 3. The minimum Gasteiger partial charge on any atom is -0.445 e. The van der Waals surface area contributed by atoms with E-state index in [9.17, 15) is 14.4 Å². The topological polar surface area (TPSA) is 66.9 Å². The average molecular weight is 332 g/mol. The summed E-state index contributed by atoms with van der Waals surface area (Å²) in [4.78, 5) is 38.6. The van der Waals surface area contributed by atoms with Crippen molar-refractivity contribution in [3.05, 3.63) is 35.9 Å². The van der Waals surface area contributed by atoms with E-state index in [1.807, 2.05) is 30.3 Å². The van der Waals surface area contributed by atoms with Gasteiger partial charge in [0.15, 0.2) is 0 Å². The molecule has 6 heteroatoms. The third-order valence-electron chi connectivity index (χ3n) is 4.34. The van der Waals surface area contributed by atoms with Crippen LogP contribution in [0.15, 0.2) is 30.3 Å². The first-order chi connectivity index (χ1) is 11.5. The Labute approximate surface area is 142 Å². The molecule has 0 saturated carbocycles. The molecule has 0 N–H and O–H groups in total. The van der Waals surface area contributed by atoms with Crippen molar-refractivity contribution in [2.75, 3.05) is 20.1 Å². The Morgan fingerprint density at radius 1 is 1.17 bits per heavy atom. The van der Waals surface area contributed by atoms with Gasteiger partial charge in [-0.05, 0) is 24.8 Å². The van der Waals surface area contributed by atoms with E-state index < -0.39 is 0 Å². The average Bonchev–Trinajstić information content (AvgIpc) is 2.85. The van der Waals surface area contributed by atoms with Gasteiger partial charge in [-0.2, -0.15) is 0 Å². The fraction of sp³-hybridized carbons (Fsp3) is 0.500. The van der Waals surface area contributed by atoms with Crippen LogP contribution in [0.3, 0.4) is 0 Å². The molecule has 1 heterocycles. The van der Waals surface area contributed by atoms with Crippen molar-refractivity contribution in [1.29, 1.82) is 0 Å². The quantitative estimate of drug-likeness (QED) is 0.852. The summed E-state index contributed by atoms with van der Waals surface area (Å²) in [6, 6.07) is 9.52. The van der Waals surface area contributed by atoms with E-state index in [1.54, 1.807) is 4.90 Å². The normalized spacial score (nSPS) is 17.8. The number of carbonyl (C=O) groups is 3. The number of likely N-dealkylation sites (tertiary alicyclic amines) is 1. The van der Waals surface area contributed by atoms with Crippen molar-refractivity contribution in [2.24, 2.45) is 5.92 Å². The van der Waals surface area contributed by atoms with Gasteiger partial charge >= 0.3 is 6.09 Å². The number of ether oxygens (including phenoxy) is 1. The number of imide groups is 1. The smallest absolute Gasteiger partial charge is 0.410 e. The number of rotatable bonds is 3. The van der Waals surface area contributed by atoms with Gasteiger partial charge < -0.3 is 9.64 Å². The molecule has 0 bridgehead atoms. The van der Waals surface area contributed by atoms with E-state index in [0.29, 0.717) is 25.9 Å². The minimum atomic E-state index is -0.355. The van der Waals surface area contributed by atoms with E-state index in [0.717, 1.165) is 16.9 Å². The fourth-order valence-electron chi connectivity index (χ4n) is 2.77. The molecule has 0 aliphatic carbocycles. The molecule has 1 aromatic rings.